The molecule has 0 atom stereocenters. The Kier molecular flexibility index (Phi) is 8.45. The van der Waals surface area contributed by atoms with Crippen LogP contribution in [0.1, 0.15) is 36.6 Å². The van der Waals surface area contributed by atoms with E-state index in [2.05, 4.69) is 31.8 Å². The first-order valence-corrected chi connectivity index (χ1v) is 12.1. The van der Waals surface area contributed by atoms with Crippen molar-refractivity contribution in [2.24, 2.45) is 5.10 Å². The second-order valence-electron chi connectivity index (χ2n) is 7.68. The maximum Gasteiger partial charge on any atom is 0.343 e. The van der Waals surface area contributed by atoms with Crippen LogP contribution in [0.2, 0.25) is 5.02 Å². The number of nitrogens with zero attached hydrogens (tertiary/aromatic N) is 1. The average molecular weight is 577 g/mol. The molecule has 0 saturated carbocycles. The fraction of sp³-hybridized carbons (Fsp3) is 0. The number of carbonyl (C=O) groups excluding carboxylic acids is 3. The van der Waals surface area contributed by atoms with Crippen LogP contribution in [-0.2, 0) is 0 Å². The van der Waals surface area contributed by atoms with Gasteiger partial charge in [0.1, 0.15) is 5.75 Å². The number of halogens is 2. The molecule has 0 aliphatic heterocycles. The zero-order chi connectivity index (χ0) is 26.2. The highest BCUT2D eigenvalue weighted by Gasteiger charge is 2.12. The van der Waals surface area contributed by atoms with Gasteiger partial charge in [-0.3, -0.25) is 9.59 Å². The van der Waals surface area contributed by atoms with Crippen molar-refractivity contribution in [2.75, 3.05) is 5.32 Å². The average Bonchev–Trinajstić information content (AvgIpc) is 2.91. The van der Waals surface area contributed by atoms with Crippen LogP contribution in [0.3, 0.4) is 0 Å². The number of carbonyl (C=O) groups is 3. The van der Waals surface area contributed by atoms with Gasteiger partial charge in [0, 0.05) is 31.9 Å². The minimum atomic E-state index is -0.563. The van der Waals surface area contributed by atoms with Gasteiger partial charge in [-0.15, -0.1) is 0 Å². The molecular formula is C28H19BrClN3O4. The maximum absolute atomic E-state index is 12.6. The number of hydrogen-bond donors (Lipinski definition) is 2. The summed E-state index contributed by atoms with van der Waals surface area (Å²) >= 11 is 9.25. The number of amides is 2. The molecular weight excluding hydrogens is 558 g/mol. The first-order chi connectivity index (χ1) is 17.9. The summed E-state index contributed by atoms with van der Waals surface area (Å²) in [6.45, 7) is 0. The number of hydrazone groups is 1. The summed E-state index contributed by atoms with van der Waals surface area (Å²) in [5, 5.41) is 7.28. The minimum absolute atomic E-state index is 0.256. The number of benzene rings is 4. The molecule has 4 rings (SSSR count). The molecule has 0 bridgehead atoms. The van der Waals surface area contributed by atoms with Crippen molar-refractivity contribution in [2.45, 2.75) is 0 Å². The van der Waals surface area contributed by atoms with Gasteiger partial charge in [-0.2, -0.15) is 5.10 Å². The summed E-state index contributed by atoms with van der Waals surface area (Å²) in [5.74, 6) is -1.08. The van der Waals surface area contributed by atoms with E-state index < -0.39 is 11.9 Å². The Morgan fingerprint density at radius 3 is 2.27 bits per heavy atom. The Morgan fingerprint density at radius 1 is 0.784 bits per heavy atom. The van der Waals surface area contributed by atoms with Crippen molar-refractivity contribution in [1.29, 1.82) is 0 Å². The van der Waals surface area contributed by atoms with Crippen LogP contribution in [0.25, 0.3) is 0 Å². The van der Waals surface area contributed by atoms with Gasteiger partial charge >= 0.3 is 5.97 Å². The lowest BCUT2D eigenvalue weighted by molar-refractivity contribution is 0.0734. The van der Waals surface area contributed by atoms with E-state index in [0.29, 0.717) is 33.0 Å². The lowest BCUT2D eigenvalue weighted by Gasteiger charge is -2.09. The Hall–Kier alpha value is -4.27. The highest BCUT2D eigenvalue weighted by Crippen LogP contribution is 2.23. The lowest BCUT2D eigenvalue weighted by atomic mass is 10.1. The molecule has 0 unspecified atom stereocenters. The van der Waals surface area contributed by atoms with Gasteiger partial charge in [-0.25, -0.2) is 10.2 Å². The highest BCUT2D eigenvalue weighted by atomic mass is 79.9. The predicted octanol–water partition coefficient (Wildman–Crippen LogP) is 6.34. The molecule has 0 spiro atoms. The predicted molar refractivity (Wildman–Crippen MR) is 146 cm³/mol. The Balaban J connectivity index is 1.42. The third kappa shape index (κ3) is 7.13. The summed E-state index contributed by atoms with van der Waals surface area (Å²) in [5.41, 5.74) is 4.51. The normalized spacial score (nSPS) is 10.6. The van der Waals surface area contributed by atoms with Crippen LogP contribution in [0.5, 0.6) is 5.75 Å². The molecule has 7 nitrogen and oxygen atoms in total. The van der Waals surface area contributed by atoms with E-state index in [9.17, 15) is 14.4 Å². The quantitative estimate of drug-likeness (QED) is 0.116. The first kappa shape index (κ1) is 25.8. The largest absolute Gasteiger partial charge is 0.422 e. The third-order valence-electron chi connectivity index (χ3n) is 5.04. The molecule has 0 aliphatic rings. The van der Waals surface area contributed by atoms with E-state index in [-0.39, 0.29) is 11.7 Å². The van der Waals surface area contributed by atoms with E-state index >= 15 is 0 Å². The Morgan fingerprint density at radius 2 is 1.51 bits per heavy atom. The van der Waals surface area contributed by atoms with Crippen LogP contribution in [0.15, 0.2) is 107 Å². The van der Waals surface area contributed by atoms with Gasteiger partial charge in [0.25, 0.3) is 11.8 Å². The number of hydrogen-bond acceptors (Lipinski definition) is 5. The molecule has 2 N–H and O–H groups in total. The third-order valence-corrected chi connectivity index (χ3v) is 5.79. The number of anilines is 1. The summed E-state index contributed by atoms with van der Waals surface area (Å²) in [4.78, 5) is 37.5. The summed E-state index contributed by atoms with van der Waals surface area (Å²) < 4.78 is 6.24. The van der Waals surface area contributed by atoms with E-state index in [0.717, 1.165) is 4.47 Å². The Labute approximate surface area is 226 Å². The minimum Gasteiger partial charge on any atom is -0.422 e. The monoisotopic (exact) mass is 575 g/mol. The van der Waals surface area contributed by atoms with Crippen LogP contribution in [0.4, 0.5) is 5.69 Å². The molecule has 0 fully saturated rings. The molecule has 184 valence electrons. The Bertz CT molecular complexity index is 1470. The topological polar surface area (TPSA) is 96.9 Å². The van der Waals surface area contributed by atoms with Gasteiger partial charge in [0.2, 0.25) is 0 Å². The highest BCUT2D eigenvalue weighted by molar-refractivity contribution is 9.10. The van der Waals surface area contributed by atoms with Gasteiger partial charge in [-0.1, -0.05) is 51.8 Å². The standard InChI is InChI=1S/C28H19BrClN3O4/c29-22-11-14-25(37-28(36)19-9-12-23(30)13-10-19)21(15-22)17-31-33-27(35)20-7-4-8-24(16-20)32-26(34)18-5-2-1-3-6-18/h1-17H,(H,32,34)(H,33,35). The number of esters is 1. The fourth-order valence-electron chi connectivity index (χ4n) is 3.21. The molecule has 4 aromatic rings. The number of rotatable bonds is 7. The summed E-state index contributed by atoms with van der Waals surface area (Å²) in [6.07, 6.45) is 1.37. The van der Waals surface area contributed by atoms with Gasteiger partial charge in [0.05, 0.1) is 11.8 Å². The zero-order valence-electron chi connectivity index (χ0n) is 19.2. The molecule has 2 amide bonds. The van der Waals surface area contributed by atoms with Crippen molar-refractivity contribution in [3.05, 3.63) is 129 Å². The van der Waals surface area contributed by atoms with Gasteiger partial charge in [-0.05, 0) is 72.8 Å². The fourth-order valence-corrected chi connectivity index (χ4v) is 3.72. The van der Waals surface area contributed by atoms with Crippen LogP contribution >= 0.6 is 27.5 Å². The molecule has 0 aromatic heterocycles. The molecule has 0 radical (unpaired) electrons. The number of ether oxygens (including phenoxy) is 1. The van der Waals surface area contributed by atoms with Crippen molar-refractivity contribution in [1.82, 2.24) is 5.43 Å². The molecule has 4 aromatic carbocycles. The van der Waals surface area contributed by atoms with Crippen LogP contribution in [0, 0.1) is 0 Å². The van der Waals surface area contributed by atoms with Crippen LogP contribution < -0.4 is 15.5 Å². The van der Waals surface area contributed by atoms with Crippen molar-refractivity contribution in [3.63, 3.8) is 0 Å². The summed E-state index contributed by atoms with van der Waals surface area (Å²) in [6, 6.07) is 26.6. The summed E-state index contributed by atoms with van der Waals surface area (Å²) in [7, 11) is 0. The number of nitrogens with one attached hydrogen (secondary N) is 2. The van der Waals surface area contributed by atoms with E-state index in [1.807, 2.05) is 6.07 Å². The van der Waals surface area contributed by atoms with Crippen LogP contribution in [-0.4, -0.2) is 24.0 Å². The van der Waals surface area contributed by atoms with E-state index in [1.54, 1.807) is 91.0 Å². The van der Waals surface area contributed by atoms with Crippen molar-refractivity contribution >= 4 is 57.2 Å². The second-order valence-corrected chi connectivity index (χ2v) is 9.03. The SMILES string of the molecule is O=C(NN=Cc1cc(Br)ccc1OC(=O)c1ccc(Cl)cc1)c1cccc(NC(=O)c2ccccc2)c1. The first-order valence-electron chi connectivity index (χ1n) is 11.0. The molecule has 0 heterocycles. The molecule has 37 heavy (non-hydrogen) atoms. The molecule has 0 saturated heterocycles. The van der Waals surface area contributed by atoms with E-state index in [4.69, 9.17) is 16.3 Å². The van der Waals surface area contributed by atoms with Crippen molar-refractivity contribution in [3.8, 4) is 5.75 Å². The van der Waals surface area contributed by atoms with Crippen molar-refractivity contribution < 1.29 is 19.1 Å². The van der Waals surface area contributed by atoms with Gasteiger partial charge < -0.3 is 10.1 Å². The zero-order valence-corrected chi connectivity index (χ0v) is 21.5. The lowest BCUT2D eigenvalue weighted by Crippen LogP contribution is -2.18. The van der Waals surface area contributed by atoms with Gasteiger partial charge in [0.15, 0.2) is 0 Å². The maximum atomic E-state index is 12.6. The molecule has 0 aliphatic carbocycles. The van der Waals surface area contributed by atoms with E-state index in [1.165, 1.54) is 6.21 Å². The second kappa shape index (κ2) is 12.1. The smallest absolute Gasteiger partial charge is 0.343 e. The molecule has 9 heteroatoms.